The lowest BCUT2D eigenvalue weighted by atomic mass is 9.59. The first-order valence-corrected chi connectivity index (χ1v) is 6.59. The Morgan fingerprint density at radius 3 is 2.31 bits per heavy atom. The van der Waals surface area contributed by atoms with Crippen molar-refractivity contribution in [2.45, 2.75) is 43.6 Å². The fourth-order valence-electron chi connectivity index (χ4n) is 3.50. The molecule has 0 aliphatic heterocycles. The Morgan fingerprint density at radius 1 is 1.19 bits per heavy atom. The van der Waals surface area contributed by atoms with Gasteiger partial charge < -0.3 is 5.32 Å². The smallest absolute Gasteiger partial charge is 0.0189 e. The molecule has 86 valence electrons. The quantitative estimate of drug-likeness (QED) is 0.813. The number of benzene rings is 1. The van der Waals surface area contributed by atoms with E-state index in [1.807, 2.05) is 0 Å². The molecule has 3 rings (SSSR count). The Kier molecular flexibility index (Phi) is 2.51. The van der Waals surface area contributed by atoms with Crippen LogP contribution >= 0.6 is 0 Å². The van der Waals surface area contributed by atoms with Gasteiger partial charge in [0.25, 0.3) is 0 Å². The Labute approximate surface area is 98.3 Å². The van der Waals surface area contributed by atoms with Gasteiger partial charge >= 0.3 is 0 Å². The largest absolute Gasteiger partial charge is 0.316 e. The van der Waals surface area contributed by atoms with Gasteiger partial charge in [-0.2, -0.15) is 0 Å². The van der Waals surface area contributed by atoms with Crippen molar-refractivity contribution in [3.8, 4) is 0 Å². The van der Waals surface area contributed by atoms with Gasteiger partial charge in [0, 0.05) is 11.5 Å². The normalized spacial score (nSPS) is 24.8. The van der Waals surface area contributed by atoms with E-state index in [0.29, 0.717) is 11.5 Å². The van der Waals surface area contributed by atoms with Crippen LogP contribution < -0.4 is 5.32 Å². The van der Waals surface area contributed by atoms with Crippen molar-refractivity contribution in [1.29, 1.82) is 0 Å². The van der Waals surface area contributed by atoms with Crippen molar-refractivity contribution < 1.29 is 0 Å². The molecular formula is C15H21N. The van der Waals surface area contributed by atoms with E-state index in [9.17, 15) is 0 Å². The standard InChI is InChI=1S/C15H21N/c1-16-14(12-8-9-12)15(10-5-11-15)13-6-3-2-4-7-13/h2-4,6-7,12,14,16H,5,8-11H2,1H3. The highest BCUT2D eigenvalue weighted by Gasteiger charge is 2.50. The second-order valence-corrected chi connectivity index (χ2v) is 5.48. The van der Waals surface area contributed by atoms with E-state index in [-0.39, 0.29) is 0 Å². The molecule has 0 spiro atoms. The Bertz CT molecular complexity index is 349. The van der Waals surface area contributed by atoms with Gasteiger partial charge in [0.15, 0.2) is 0 Å². The number of hydrogen-bond donors (Lipinski definition) is 1. The average molecular weight is 215 g/mol. The maximum Gasteiger partial charge on any atom is 0.0189 e. The molecule has 1 heteroatoms. The topological polar surface area (TPSA) is 12.0 Å². The van der Waals surface area contributed by atoms with Crippen LogP contribution in [-0.2, 0) is 5.41 Å². The molecule has 2 aliphatic carbocycles. The summed E-state index contributed by atoms with van der Waals surface area (Å²) in [7, 11) is 2.14. The molecule has 1 aromatic rings. The van der Waals surface area contributed by atoms with Crippen LogP contribution in [0, 0.1) is 5.92 Å². The van der Waals surface area contributed by atoms with E-state index in [0.717, 1.165) is 5.92 Å². The SMILES string of the molecule is CNC(C1CC1)C1(c2ccccc2)CCC1. The van der Waals surface area contributed by atoms with Crippen molar-refractivity contribution in [2.24, 2.45) is 5.92 Å². The molecular weight excluding hydrogens is 194 g/mol. The zero-order valence-electron chi connectivity index (χ0n) is 10.1. The Hall–Kier alpha value is -0.820. The lowest BCUT2D eigenvalue weighted by Crippen LogP contribution is -2.52. The second kappa shape index (κ2) is 3.89. The highest BCUT2D eigenvalue weighted by atomic mass is 14.9. The monoisotopic (exact) mass is 215 g/mol. The fourth-order valence-corrected chi connectivity index (χ4v) is 3.50. The van der Waals surface area contributed by atoms with Crippen LogP contribution in [0.25, 0.3) is 0 Å². The molecule has 2 fully saturated rings. The maximum absolute atomic E-state index is 3.61. The maximum atomic E-state index is 3.61. The summed E-state index contributed by atoms with van der Waals surface area (Å²) >= 11 is 0. The van der Waals surface area contributed by atoms with Crippen molar-refractivity contribution in [3.05, 3.63) is 35.9 Å². The van der Waals surface area contributed by atoms with Gasteiger partial charge in [0.2, 0.25) is 0 Å². The molecule has 0 amide bonds. The third-order valence-corrected chi connectivity index (χ3v) is 4.59. The predicted molar refractivity (Wildman–Crippen MR) is 67.5 cm³/mol. The van der Waals surface area contributed by atoms with Gasteiger partial charge in [-0.05, 0) is 44.2 Å². The van der Waals surface area contributed by atoms with Crippen molar-refractivity contribution in [2.75, 3.05) is 7.05 Å². The van der Waals surface area contributed by atoms with Crippen LogP contribution in [0.1, 0.15) is 37.7 Å². The Morgan fingerprint density at radius 2 is 1.88 bits per heavy atom. The number of likely N-dealkylation sites (N-methyl/N-ethyl adjacent to an activating group) is 1. The molecule has 1 unspecified atom stereocenters. The molecule has 2 saturated carbocycles. The van der Waals surface area contributed by atoms with Crippen LogP contribution in [0.15, 0.2) is 30.3 Å². The van der Waals surface area contributed by atoms with E-state index < -0.39 is 0 Å². The molecule has 0 heterocycles. The first-order valence-electron chi connectivity index (χ1n) is 6.59. The minimum atomic E-state index is 0.456. The summed E-state index contributed by atoms with van der Waals surface area (Å²) in [6, 6.07) is 11.9. The van der Waals surface area contributed by atoms with Crippen molar-refractivity contribution in [3.63, 3.8) is 0 Å². The lowest BCUT2D eigenvalue weighted by Gasteiger charge is -2.49. The zero-order valence-corrected chi connectivity index (χ0v) is 10.1. The van der Waals surface area contributed by atoms with Gasteiger partial charge in [0.1, 0.15) is 0 Å². The molecule has 1 nitrogen and oxygen atoms in total. The van der Waals surface area contributed by atoms with Crippen molar-refractivity contribution >= 4 is 0 Å². The number of hydrogen-bond acceptors (Lipinski definition) is 1. The van der Waals surface area contributed by atoms with Crippen LogP contribution in [0.2, 0.25) is 0 Å². The van der Waals surface area contributed by atoms with Gasteiger partial charge in [-0.1, -0.05) is 36.8 Å². The summed E-state index contributed by atoms with van der Waals surface area (Å²) in [5.74, 6) is 0.936. The summed E-state index contributed by atoms with van der Waals surface area (Å²) in [6.45, 7) is 0. The highest BCUT2D eigenvalue weighted by Crippen LogP contribution is 2.52. The number of rotatable bonds is 4. The molecule has 2 aliphatic rings. The van der Waals surface area contributed by atoms with E-state index in [1.165, 1.54) is 32.1 Å². The van der Waals surface area contributed by atoms with Gasteiger partial charge in [0.05, 0.1) is 0 Å². The third-order valence-electron chi connectivity index (χ3n) is 4.59. The van der Waals surface area contributed by atoms with Gasteiger partial charge in [-0.15, -0.1) is 0 Å². The van der Waals surface area contributed by atoms with Crippen LogP contribution in [0.4, 0.5) is 0 Å². The summed E-state index contributed by atoms with van der Waals surface area (Å²) < 4.78 is 0. The summed E-state index contributed by atoms with van der Waals surface area (Å²) in [5.41, 5.74) is 2.02. The van der Waals surface area contributed by atoms with E-state index in [1.54, 1.807) is 5.56 Å². The van der Waals surface area contributed by atoms with Crippen LogP contribution in [0.5, 0.6) is 0 Å². The van der Waals surface area contributed by atoms with E-state index in [2.05, 4.69) is 42.7 Å². The zero-order chi connectivity index (χ0) is 11.0. The van der Waals surface area contributed by atoms with E-state index in [4.69, 9.17) is 0 Å². The summed E-state index contributed by atoms with van der Waals surface area (Å²) in [5, 5.41) is 3.61. The molecule has 16 heavy (non-hydrogen) atoms. The van der Waals surface area contributed by atoms with Crippen LogP contribution in [0.3, 0.4) is 0 Å². The van der Waals surface area contributed by atoms with Gasteiger partial charge in [-0.3, -0.25) is 0 Å². The molecule has 1 atom stereocenters. The lowest BCUT2D eigenvalue weighted by molar-refractivity contribution is 0.159. The minimum absolute atomic E-state index is 0.456. The molecule has 0 bridgehead atoms. The first kappa shape index (κ1) is 10.3. The summed E-state index contributed by atoms with van der Waals surface area (Å²) in [6.07, 6.45) is 7.01. The third kappa shape index (κ3) is 1.49. The number of nitrogens with one attached hydrogen (secondary N) is 1. The minimum Gasteiger partial charge on any atom is -0.316 e. The summed E-state index contributed by atoms with van der Waals surface area (Å²) in [4.78, 5) is 0. The molecule has 1 aromatic carbocycles. The molecule has 0 radical (unpaired) electrons. The Balaban J connectivity index is 1.92. The molecule has 0 aromatic heterocycles. The van der Waals surface area contributed by atoms with E-state index >= 15 is 0 Å². The first-order chi connectivity index (χ1) is 7.87. The fraction of sp³-hybridized carbons (Fsp3) is 0.600. The average Bonchev–Trinajstić information content (AvgIpc) is 3.08. The van der Waals surface area contributed by atoms with Crippen LogP contribution in [-0.4, -0.2) is 13.1 Å². The predicted octanol–water partition coefficient (Wildman–Crippen LogP) is 3.11. The second-order valence-electron chi connectivity index (χ2n) is 5.48. The highest BCUT2D eigenvalue weighted by molar-refractivity contribution is 5.31. The van der Waals surface area contributed by atoms with Gasteiger partial charge in [-0.25, -0.2) is 0 Å². The molecule has 0 saturated heterocycles. The molecule has 1 N–H and O–H groups in total. The van der Waals surface area contributed by atoms with Crippen molar-refractivity contribution in [1.82, 2.24) is 5.32 Å².